The van der Waals surface area contributed by atoms with Crippen LogP contribution in [-0.4, -0.2) is 43.8 Å². The van der Waals surface area contributed by atoms with Gasteiger partial charge >= 0.3 is 0 Å². The van der Waals surface area contributed by atoms with Crippen molar-refractivity contribution in [1.29, 1.82) is 0 Å². The number of nitrogens with zero attached hydrogens (tertiary/aromatic N) is 6. The summed E-state index contributed by atoms with van der Waals surface area (Å²) in [6.07, 6.45) is 6.90. The number of aromatic nitrogens is 4. The maximum absolute atomic E-state index is 6.38. The second-order valence-electron chi connectivity index (χ2n) is 10.4. The van der Waals surface area contributed by atoms with E-state index in [9.17, 15) is 0 Å². The predicted octanol–water partition coefficient (Wildman–Crippen LogP) is 4.49. The number of halogens is 1. The van der Waals surface area contributed by atoms with Gasteiger partial charge in [-0.3, -0.25) is 9.47 Å². The number of hydrogen-bond acceptors (Lipinski definition) is 5. The molecule has 2 aliphatic carbocycles. The summed E-state index contributed by atoms with van der Waals surface area (Å²) >= 11 is 6.38. The number of fused-ring (bicyclic) bond motifs is 3. The van der Waals surface area contributed by atoms with Crippen molar-refractivity contribution < 1.29 is 0 Å². The highest BCUT2D eigenvalue weighted by molar-refractivity contribution is 6.30. The Bertz CT molecular complexity index is 1180. The highest BCUT2D eigenvalue weighted by Crippen LogP contribution is 2.56. The van der Waals surface area contributed by atoms with E-state index in [-0.39, 0.29) is 0 Å². The van der Waals surface area contributed by atoms with E-state index in [2.05, 4.69) is 55.6 Å². The normalized spacial score (nSPS) is 22.1. The molecule has 3 aromatic rings. The fourth-order valence-corrected chi connectivity index (χ4v) is 6.21. The smallest absolute Gasteiger partial charge is 0.151 e. The van der Waals surface area contributed by atoms with Crippen molar-refractivity contribution in [3.63, 3.8) is 0 Å². The molecule has 0 N–H and O–H groups in total. The van der Waals surface area contributed by atoms with Crippen LogP contribution in [0.3, 0.4) is 0 Å². The molecular formula is C25H27ClN6. The van der Waals surface area contributed by atoms with Crippen LogP contribution in [-0.2, 0) is 13.1 Å². The van der Waals surface area contributed by atoms with Gasteiger partial charge in [-0.25, -0.2) is 4.98 Å². The first-order chi connectivity index (χ1) is 15.6. The molecule has 1 aromatic carbocycles. The molecule has 4 heterocycles. The molecule has 32 heavy (non-hydrogen) atoms. The molecule has 0 atom stereocenters. The van der Waals surface area contributed by atoms with Gasteiger partial charge in [0, 0.05) is 48.2 Å². The average molecular weight is 447 g/mol. The maximum atomic E-state index is 6.38. The van der Waals surface area contributed by atoms with Crippen LogP contribution in [0.4, 0.5) is 5.82 Å². The molecular weight excluding hydrogens is 420 g/mol. The SMILES string of the molecule is Cc1ccc(N2CC3(CC(c4nnc5n4-c4ccc(Cl)cc4CN(C4CC4)C5)C3)C2)nc1. The van der Waals surface area contributed by atoms with E-state index < -0.39 is 0 Å². The Kier molecular flexibility index (Phi) is 4.04. The Morgan fingerprint density at radius 3 is 2.62 bits per heavy atom. The maximum Gasteiger partial charge on any atom is 0.151 e. The molecule has 1 saturated heterocycles. The monoisotopic (exact) mass is 446 g/mol. The van der Waals surface area contributed by atoms with Crippen LogP contribution in [0.25, 0.3) is 5.69 Å². The van der Waals surface area contributed by atoms with Crippen LogP contribution in [0.15, 0.2) is 36.5 Å². The minimum Gasteiger partial charge on any atom is -0.355 e. The van der Waals surface area contributed by atoms with Gasteiger partial charge in [-0.1, -0.05) is 17.7 Å². The van der Waals surface area contributed by atoms with Crippen molar-refractivity contribution in [2.24, 2.45) is 5.41 Å². The number of benzene rings is 1. The highest BCUT2D eigenvalue weighted by Gasteiger charge is 2.54. The van der Waals surface area contributed by atoms with E-state index in [1.54, 1.807) is 0 Å². The molecule has 3 fully saturated rings. The van der Waals surface area contributed by atoms with E-state index >= 15 is 0 Å². The van der Waals surface area contributed by atoms with Crippen LogP contribution < -0.4 is 4.90 Å². The van der Waals surface area contributed by atoms with Crippen LogP contribution in [0.1, 0.15) is 54.4 Å². The van der Waals surface area contributed by atoms with Crippen LogP contribution >= 0.6 is 11.6 Å². The second kappa shape index (κ2) is 6.78. The van der Waals surface area contributed by atoms with Crippen molar-refractivity contribution in [1.82, 2.24) is 24.6 Å². The summed E-state index contributed by atoms with van der Waals surface area (Å²) in [6.45, 7) is 6.10. The largest absolute Gasteiger partial charge is 0.355 e. The predicted molar refractivity (Wildman–Crippen MR) is 124 cm³/mol. The van der Waals surface area contributed by atoms with Gasteiger partial charge in [0.1, 0.15) is 11.6 Å². The lowest BCUT2D eigenvalue weighted by atomic mass is 9.57. The molecule has 1 spiro atoms. The van der Waals surface area contributed by atoms with Gasteiger partial charge in [0.05, 0.1) is 12.2 Å². The van der Waals surface area contributed by atoms with Gasteiger partial charge in [0.15, 0.2) is 5.82 Å². The molecule has 2 aromatic heterocycles. The molecule has 164 valence electrons. The minimum atomic E-state index is 0.414. The van der Waals surface area contributed by atoms with E-state index in [0.29, 0.717) is 17.4 Å². The Balaban J connectivity index is 1.14. The molecule has 0 radical (unpaired) electrons. The van der Waals surface area contributed by atoms with Crippen LogP contribution in [0, 0.1) is 12.3 Å². The summed E-state index contributed by atoms with van der Waals surface area (Å²) in [6, 6.07) is 11.3. The molecule has 0 amide bonds. The van der Waals surface area contributed by atoms with Gasteiger partial charge in [0.2, 0.25) is 0 Å². The van der Waals surface area contributed by atoms with Crippen molar-refractivity contribution in [3.05, 3.63) is 64.3 Å². The minimum absolute atomic E-state index is 0.414. The summed E-state index contributed by atoms with van der Waals surface area (Å²) in [5, 5.41) is 10.2. The lowest BCUT2D eigenvalue weighted by Crippen LogP contribution is -2.62. The van der Waals surface area contributed by atoms with E-state index in [0.717, 1.165) is 48.7 Å². The first-order valence-electron chi connectivity index (χ1n) is 11.7. The third-order valence-electron chi connectivity index (χ3n) is 7.82. The van der Waals surface area contributed by atoms with Crippen molar-refractivity contribution in [2.75, 3.05) is 18.0 Å². The third-order valence-corrected chi connectivity index (χ3v) is 8.05. The molecule has 2 saturated carbocycles. The lowest BCUT2D eigenvalue weighted by Gasteiger charge is -2.59. The summed E-state index contributed by atoms with van der Waals surface area (Å²) < 4.78 is 2.35. The molecule has 6 nitrogen and oxygen atoms in total. The number of hydrogen-bond donors (Lipinski definition) is 0. The van der Waals surface area contributed by atoms with Gasteiger partial charge in [0.25, 0.3) is 0 Å². The third kappa shape index (κ3) is 3.00. The van der Waals surface area contributed by atoms with Gasteiger partial charge in [-0.15, -0.1) is 10.2 Å². The Morgan fingerprint density at radius 1 is 1.03 bits per heavy atom. The Hall–Kier alpha value is -2.44. The van der Waals surface area contributed by atoms with E-state index in [4.69, 9.17) is 16.7 Å². The molecule has 7 heteroatoms. The number of aryl methyl sites for hydroxylation is 1. The number of pyridine rings is 1. The zero-order valence-corrected chi connectivity index (χ0v) is 19.1. The molecule has 0 bridgehead atoms. The average Bonchev–Trinajstić information content (AvgIpc) is 3.51. The zero-order chi connectivity index (χ0) is 21.4. The molecule has 7 rings (SSSR count). The molecule has 4 aliphatic rings. The molecule has 0 unspecified atom stereocenters. The fraction of sp³-hybridized carbons (Fsp3) is 0.480. The fourth-order valence-electron chi connectivity index (χ4n) is 6.01. The van der Waals surface area contributed by atoms with Crippen molar-refractivity contribution in [2.45, 2.75) is 57.7 Å². The van der Waals surface area contributed by atoms with Crippen molar-refractivity contribution >= 4 is 17.4 Å². The Labute approximate surface area is 193 Å². The van der Waals surface area contributed by atoms with Gasteiger partial charge < -0.3 is 4.90 Å². The van der Waals surface area contributed by atoms with Crippen LogP contribution in [0.5, 0.6) is 0 Å². The zero-order valence-electron chi connectivity index (χ0n) is 18.3. The molecule has 2 aliphatic heterocycles. The quantitative estimate of drug-likeness (QED) is 0.593. The lowest BCUT2D eigenvalue weighted by molar-refractivity contribution is 0.0581. The summed E-state index contributed by atoms with van der Waals surface area (Å²) in [7, 11) is 0. The van der Waals surface area contributed by atoms with E-state index in [1.165, 1.54) is 42.5 Å². The number of rotatable bonds is 3. The topological polar surface area (TPSA) is 50.1 Å². The highest BCUT2D eigenvalue weighted by atomic mass is 35.5. The summed E-state index contributed by atoms with van der Waals surface area (Å²) in [4.78, 5) is 9.56. The second-order valence-corrected chi connectivity index (χ2v) is 10.8. The van der Waals surface area contributed by atoms with Gasteiger partial charge in [-0.05, 0) is 68.0 Å². The number of anilines is 1. The van der Waals surface area contributed by atoms with Crippen LogP contribution in [0.2, 0.25) is 5.02 Å². The summed E-state index contributed by atoms with van der Waals surface area (Å²) in [5.41, 5.74) is 4.13. The first kappa shape index (κ1) is 19.1. The standard InChI is InChI=1S/C25H27ClN6/c1-16-2-7-22(27-11-16)31-14-25(15-31)9-18(10-25)24-29-28-23-13-30(20-4-5-20)12-17-8-19(26)3-6-21(17)32(23)24/h2-3,6-8,11,18,20H,4-5,9-10,12-15H2,1H3. The van der Waals surface area contributed by atoms with E-state index in [1.807, 2.05) is 12.3 Å². The van der Waals surface area contributed by atoms with Crippen molar-refractivity contribution in [3.8, 4) is 5.69 Å². The summed E-state index contributed by atoms with van der Waals surface area (Å²) in [5.74, 6) is 3.79. The first-order valence-corrected chi connectivity index (χ1v) is 12.1. The Morgan fingerprint density at radius 2 is 1.88 bits per heavy atom. The van der Waals surface area contributed by atoms with Gasteiger partial charge in [-0.2, -0.15) is 0 Å².